The van der Waals surface area contributed by atoms with Gasteiger partial charge in [-0.3, -0.25) is 4.79 Å². The number of hydrogen-bond donors (Lipinski definition) is 3. The number of rotatable bonds is 8. The second-order valence-corrected chi connectivity index (χ2v) is 6.55. The summed E-state index contributed by atoms with van der Waals surface area (Å²) < 4.78 is 5.16. The van der Waals surface area contributed by atoms with Gasteiger partial charge in [0.1, 0.15) is 11.6 Å². The van der Waals surface area contributed by atoms with E-state index < -0.39 is 0 Å². The SMILES string of the molecule is COc1ccc(Nc2cc(C)nc(NCCNC(=O)c3ccsc3)n2)cc1. The van der Waals surface area contributed by atoms with Crippen molar-refractivity contribution in [1.29, 1.82) is 0 Å². The van der Waals surface area contributed by atoms with Crippen molar-refractivity contribution in [2.24, 2.45) is 0 Å². The fourth-order valence-electron chi connectivity index (χ4n) is 2.38. The van der Waals surface area contributed by atoms with Gasteiger partial charge in [-0.2, -0.15) is 16.3 Å². The molecule has 0 aliphatic rings. The normalized spacial score (nSPS) is 10.3. The molecule has 0 saturated carbocycles. The second-order valence-electron chi connectivity index (χ2n) is 5.77. The van der Waals surface area contributed by atoms with E-state index in [2.05, 4.69) is 25.9 Å². The number of thiophene rings is 1. The zero-order valence-corrected chi connectivity index (χ0v) is 16.0. The van der Waals surface area contributed by atoms with Crippen LogP contribution in [-0.4, -0.2) is 36.1 Å². The smallest absolute Gasteiger partial charge is 0.252 e. The number of ether oxygens (including phenoxy) is 1. The van der Waals surface area contributed by atoms with Crippen LogP contribution in [0.2, 0.25) is 0 Å². The monoisotopic (exact) mass is 383 g/mol. The average Bonchev–Trinajstić information content (AvgIpc) is 3.20. The molecule has 0 unspecified atom stereocenters. The molecule has 27 heavy (non-hydrogen) atoms. The maximum absolute atomic E-state index is 11.9. The molecule has 0 atom stereocenters. The van der Waals surface area contributed by atoms with Gasteiger partial charge in [0.2, 0.25) is 5.95 Å². The van der Waals surface area contributed by atoms with Gasteiger partial charge in [-0.15, -0.1) is 0 Å². The lowest BCUT2D eigenvalue weighted by Gasteiger charge is -2.11. The van der Waals surface area contributed by atoms with E-state index in [1.165, 1.54) is 11.3 Å². The topological polar surface area (TPSA) is 88.2 Å². The lowest BCUT2D eigenvalue weighted by atomic mass is 10.3. The fourth-order valence-corrected chi connectivity index (χ4v) is 3.02. The molecule has 2 aromatic heterocycles. The van der Waals surface area contributed by atoms with Gasteiger partial charge in [0.15, 0.2) is 0 Å². The van der Waals surface area contributed by atoms with E-state index in [1.807, 2.05) is 48.0 Å². The Kier molecular flexibility index (Phi) is 6.22. The Hall–Kier alpha value is -3.13. The van der Waals surface area contributed by atoms with E-state index >= 15 is 0 Å². The number of nitrogens with zero attached hydrogens (tertiary/aromatic N) is 2. The predicted octanol–water partition coefficient (Wildman–Crippen LogP) is 3.44. The molecule has 1 amide bonds. The summed E-state index contributed by atoms with van der Waals surface area (Å²) in [5.41, 5.74) is 2.42. The van der Waals surface area contributed by atoms with Gasteiger partial charge in [0, 0.05) is 41.5 Å². The van der Waals surface area contributed by atoms with E-state index in [4.69, 9.17) is 4.74 Å². The van der Waals surface area contributed by atoms with Gasteiger partial charge in [0.25, 0.3) is 5.91 Å². The van der Waals surface area contributed by atoms with Gasteiger partial charge in [0.05, 0.1) is 7.11 Å². The van der Waals surface area contributed by atoms with Crippen molar-refractivity contribution in [2.75, 3.05) is 30.8 Å². The van der Waals surface area contributed by atoms with Crippen LogP contribution in [0.3, 0.4) is 0 Å². The van der Waals surface area contributed by atoms with E-state index in [0.717, 1.165) is 17.1 Å². The first-order chi connectivity index (χ1) is 13.1. The molecule has 7 nitrogen and oxygen atoms in total. The molecular weight excluding hydrogens is 362 g/mol. The van der Waals surface area contributed by atoms with Crippen LogP contribution in [0.5, 0.6) is 5.75 Å². The number of carbonyl (C=O) groups excluding carboxylic acids is 1. The maximum atomic E-state index is 11.9. The van der Waals surface area contributed by atoms with Crippen molar-refractivity contribution < 1.29 is 9.53 Å². The first-order valence-corrected chi connectivity index (χ1v) is 9.39. The zero-order valence-electron chi connectivity index (χ0n) is 15.2. The van der Waals surface area contributed by atoms with Crippen LogP contribution < -0.4 is 20.7 Å². The Labute approximate surface area is 161 Å². The third kappa shape index (κ3) is 5.42. The number of aryl methyl sites for hydroxylation is 1. The molecule has 2 heterocycles. The zero-order chi connectivity index (χ0) is 19.1. The minimum Gasteiger partial charge on any atom is -0.497 e. The number of hydrogen-bond acceptors (Lipinski definition) is 7. The molecule has 8 heteroatoms. The molecular formula is C19H21N5O2S. The molecule has 0 saturated heterocycles. The molecule has 0 fully saturated rings. The second kappa shape index (κ2) is 9.00. The van der Waals surface area contributed by atoms with Gasteiger partial charge >= 0.3 is 0 Å². The Morgan fingerprint density at radius 2 is 1.96 bits per heavy atom. The van der Waals surface area contributed by atoms with Crippen LogP contribution >= 0.6 is 11.3 Å². The predicted molar refractivity (Wildman–Crippen MR) is 108 cm³/mol. The third-order valence-electron chi connectivity index (χ3n) is 3.69. The van der Waals surface area contributed by atoms with E-state index in [-0.39, 0.29) is 5.91 Å². The van der Waals surface area contributed by atoms with Crippen molar-refractivity contribution in [2.45, 2.75) is 6.92 Å². The van der Waals surface area contributed by atoms with E-state index in [9.17, 15) is 4.79 Å². The quantitative estimate of drug-likeness (QED) is 0.517. The number of amides is 1. The Bertz CT molecular complexity index is 882. The summed E-state index contributed by atoms with van der Waals surface area (Å²) >= 11 is 1.50. The lowest BCUT2D eigenvalue weighted by molar-refractivity contribution is 0.0955. The average molecular weight is 383 g/mol. The first kappa shape index (κ1) is 18.7. The number of methoxy groups -OCH3 is 1. The molecule has 0 aliphatic heterocycles. The van der Waals surface area contributed by atoms with Gasteiger partial charge in [-0.1, -0.05) is 0 Å². The highest BCUT2D eigenvalue weighted by Gasteiger charge is 2.06. The molecule has 1 aromatic carbocycles. The van der Waals surface area contributed by atoms with E-state index in [0.29, 0.717) is 30.4 Å². The fraction of sp³-hybridized carbons (Fsp3) is 0.211. The third-order valence-corrected chi connectivity index (χ3v) is 4.38. The van der Waals surface area contributed by atoms with Crippen LogP contribution in [0.25, 0.3) is 0 Å². The molecule has 0 spiro atoms. The molecule has 0 aliphatic carbocycles. The number of carbonyl (C=O) groups is 1. The summed E-state index contributed by atoms with van der Waals surface area (Å²) in [6, 6.07) is 11.3. The summed E-state index contributed by atoms with van der Waals surface area (Å²) in [6.07, 6.45) is 0. The highest BCUT2D eigenvalue weighted by Crippen LogP contribution is 2.19. The Morgan fingerprint density at radius 1 is 1.15 bits per heavy atom. The van der Waals surface area contributed by atoms with E-state index in [1.54, 1.807) is 13.2 Å². The van der Waals surface area contributed by atoms with Crippen molar-refractivity contribution in [3.05, 3.63) is 58.4 Å². The highest BCUT2D eigenvalue weighted by atomic mass is 32.1. The molecule has 3 rings (SSSR count). The summed E-state index contributed by atoms with van der Waals surface area (Å²) in [5.74, 6) is 1.92. The summed E-state index contributed by atoms with van der Waals surface area (Å²) in [7, 11) is 1.64. The van der Waals surface area contributed by atoms with Crippen molar-refractivity contribution in [3.63, 3.8) is 0 Å². The van der Waals surface area contributed by atoms with Crippen LogP contribution in [0, 0.1) is 6.92 Å². The van der Waals surface area contributed by atoms with Gasteiger partial charge in [-0.05, 0) is 42.6 Å². The summed E-state index contributed by atoms with van der Waals surface area (Å²) in [6.45, 7) is 2.92. The Morgan fingerprint density at radius 3 is 2.67 bits per heavy atom. The van der Waals surface area contributed by atoms with Crippen LogP contribution in [0.15, 0.2) is 47.2 Å². The first-order valence-electron chi connectivity index (χ1n) is 8.45. The molecule has 0 radical (unpaired) electrons. The number of benzene rings is 1. The molecule has 0 bridgehead atoms. The lowest BCUT2D eigenvalue weighted by Crippen LogP contribution is -2.28. The van der Waals surface area contributed by atoms with Crippen LogP contribution in [0.1, 0.15) is 16.1 Å². The number of nitrogens with one attached hydrogen (secondary N) is 3. The maximum Gasteiger partial charge on any atom is 0.252 e. The highest BCUT2D eigenvalue weighted by molar-refractivity contribution is 7.08. The van der Waals surface area contributed by atoms with Crippen molar-refractivity contribution >= 4 is 34.7 Å². The standard InChI is InChI=1S/C19H21N5O2S/c1-13-11-17(23-15-3-5-16(26-2)6-4-15)24-19(22-13)21-9-8-20-18(25)14-7-10-27-12-14/h3-7,10-12H,8-9H2,1-2H3,(H,20,25)(H2,21,22,23,24). The largest absolute Gasteiger partial charge is 0.497 e. The number of anilines is 3. The molecule has 3 aromatic rings. The van der Waals surface area contributed by atoms with Crippen LogP contribution in [0.4, 0.5) is 17.5 Å². The minimum atomic E-state index is -0.0786. The summed E-state index contributed by atoms with van der Waals surface area (Å²) in [5, 5.41) is 12.9. The van der Waals surface area contributed by atoms with Gasteiger partial charge < -0.3 is 20.7 Å². The van der Waals surface area contributed by atoms with Crippen LogP contribution in [-0.2, 0) is 0 Å². The summed E-state index contributed by atoms with van der Waals surface area (Å²) in [4.78, 5) is 20.7. The Balaban J connectivity index is 1.54. The van der Waals surface area contributed by atoms with Crippen molar-refractivity contribution in [3.8, 4) is 5.75 Å². The molecule has 140 valence electrons. The molecule has 3 N–H and O–H groups in total. The van der Waals surface area contributed by atoms with Crippen molar-refractivity contribution in [1.82, 2.24) is 15.3 Å². The minimum absolute atomic E-state index is 0.0786. The number of aromatic nitrogens is 2. The van der Waals surface area contributed by atoms with Gasteiger partial charge in [-0.25, -0.2) is 4.98 Å².